The van der Waals surface area contributed by atoms with Gasteiger partial charge in [0.05, 0.1) is 6.61 Å². The number of hydrogen-bond donors (Lipinski definition) is 4. The fourth-order valence-electron chi connectivity index (χ4n) is 5.37. The molecule has 39 heavy (non-hydrogen) atoms. The molecule has 0 radical (unpaired) electrons. The van der Waals surface area contributed by atoms with Gasteiger partial charge in [-0.05, 0) is 49.3 Å². The molecule has 1 aliphatic heterocycles. The highest BCUT2D eigenvalue weighted by molar-refractivity contribution is 6.18. The number of carbonyl (C=O) groups excluding carboxylic acids is 2. The van der Waals surface area contributed by atoms with Crippen molar-refractivity contribution in [2.75, 3.05) is 36.4 Å². The Bertz CT molecular complexity index is 879. The van der Waals surface area contributed by atoms with Crippen molar-refractivity contribution in [3.63, 3.8) is 0 Å². The summed E-state index contributed by atoms with van der Waals surface area (Å²) in [5.74, 6) is 0.426. The van der Waals surface area contributed by atoms with Crippen LogP contribution in [0.1, 0.15) is 56.9 Å². The second kappa shape index (κ2) is 16.6. The lowest BCUT2D eigenvalue weighted by molar-refractivity contribution is -0.259. The molecule has 0 bridgehead atoms. The van der Waals surface area contributed by atoms with E-state index in [-0.39, 0.29) is 18.2 Å². The zero-order valence-electron chi connectivity index (χ0n) is 22.4. The summed E-state index contributed by atoms with van der Waals surface area (Å²) in [4.78, 5) is 27.5. The Labute approximate surface area is 240 Å². The molecule has 2 aliphatic rings. The number of aliphatic hydroxyl groups excluding tert-OH is 3. The number of hydrogen-bond acceptors (Lipinski definition) is 8. The van der Waals surface area contributed by atoms with E-state index >= 15 is 0 Å². The first-order chi connectivity index (χ1) is 18.9. The molecule has 0 unspecified atom stereocenters. The van der Waals surface area contributed by atoms with Gasteiger partial charge < -0.3 is 35.0 Å². The lowest BCUT2D eigenvalue weighted by Crippen LogP contribution is -2.65. The molecule has 0 spiro atoms. The highest BCUT2D eigenvalue weighted by Gasteiger charge is 2.47. The number of benzene rings is 1. The molecule has 4 N–H and O–H groups in total. The quantitative estimate of drug-likeness (QED) is 0.193. The largest absolute Gasteiger partial charge is 0.457 e. The molecule has 9 nitrogen and oxygen atoms in total. The van der Waals surface area contributed by atoms with Crippen LogP contribution in [0.5, 0.6) is 0 Å². The van der Waals surface area contributed by atoms with Crippen molar-refractivity contribution in [3.8, 4) is 0 Å². The molecule has 1 saturated heterocycles. The van der Waals surface area contributed by atoms with Crippen LogP contribution in [-0.2, 0) is 25.5 Å². The van der Waals surface area contributed by atoms with Crippen molar-refractivity contribution in [2.24, 2.45) is 5.92 Å². The Morgan fingerprint density at radius 2 is 1.72 bits per heavy atom. The van der Waals surface area contributed by atoms with Crippen LogP contribution in [0, 0.1) is 5.92 Å². The summed E-state index contributed by atoms with van der Waals surface area (Å²) in [6.45, 7) is 0.828. The summed E-state index contributed by atoms with van der Waals surface area (Å²) in [6.07, 6.45) is 1.53. The summed E-state index contributed by atoms with van der Waals surface area (Å²) in [7, 11) is 0. The van der Waals surface area contributed by atoms with Crippen molar-refractivity contribution in [1.82, 2.24) is 5.32 Å². The van der Waals surface area contributed by atoms with E-state index in [0.29, 0.717) is 44.1 Å². The van der Waals surface area contributed by atoms with Crippen LogP contribution in [-0.4, -0.2) is 89.3 Å². The van der Waals surface area contributed by atoms with Gasteiger partial charge in [0.2, 0.25) is 5.91 Å². The van der Waals surface area contributed by atoms with Crippen LogP contribution in [0.25, 0.3) is 0 Å². The molecular formula is C28H42Cl2N2O7. The number of alkyl halides is 2. The zero-order valence-corrected chi connectivity index (χ0v) is 23.9. The number of esters is 1. The van der Waals surface area contributed by atoms with E-state index in [4.69, 9.17) is 32.7 Å². The van der Waals surface area contributed by atoms with Gasteiger partial charge in [-0.2, -0.15) is 0 Å². The fraction of sp³-hybridized carbons (Fsp3) is 0.714. The Morgan fingerprint density at radius 1 is 1.05 bits per heavy atom. The fourth-order valence-corrected chi connectivity index (χ4v) is 5.78. The molecule has 1 heterocycles. The highest BCUT2D eigenvalue weighted by Crippen LogP contribution is 2.27. The molecule has 1 aromatic carbocycles. The van der Waals surface area contributed by atoms with E-state index in [1.165, 1.54) is 6.42 Å². The number of halogens is 2. The van der Waals surface area contributed by atoms with Gasteiger partial charge in [-0.3, -0.25) is 9.59 Å². The highest BCUT2D eigenvalue weighted by atomic mass is 35.5. The molecule has 11 heteroatoms. The number of aliphatic hydroxyl groups is 3. The predicted octanol–water partition coefficient (Wildman–Crippen LogP) is 2.73. The summed E-state index contributed by atoms with van der Waals surface area (Å²) < 4.78 is 10.9. The van der Waals surface area contributed by atoms with Crippen molar-refractivity contribution in [1.29, 1.82) is 0 Å². The Hall–Kier alpha value is -1.62. The number of amides is 1. The van der Waals surface area contributed by atoms with E-state index in [2.05, 4.69) is 10.2 Å². The summed E-state index contributed by atoms with van der Waals surface area (Å²) >= 11 is 11.8. The van der Waals surface area contributed by atoms with Crippen molar-refractivity contribution >= 4 is 40.8 Å². The molecule has 1 aliphatic carbocycles. The molecule has 1 saturated carbocycles. The maximum atomic E-state index is 12.7. The van der Waals surface area contributed by atoms with E-state index in [0.717, 1.165) is 36.9 Å². The first-order valence-corrected chi connectivity index (χ1v) is 15.0. The van der Waals surface area contributed by atoms with E-state index in [1.807, 2.05) is 24.3 Å². The van der Waals surface area contributed by atoms with Crippen LogP contribution >= 0.6 is 23.2 Å². The second-order valence-corrected chi connectivity index (χ2v) is 11.1. The summed E-state index contributed by atoms with van der Waals surface area (Å²) in [5.41, 5.74) is 2.08. The zero-order chi connectivity index (χ0) is 28.2. The molecule has 2 fully saturated rings. The Balaban J connectivity index is 1.53. The lowest BCUT2D eigenvalue weighted by atomic mass is 9.86. The van der Waals surface area contributed by atoms with Crippen molar-refractivity contribution in [3.05, 3.63) is 29.8 Å². The minimum absolute atomic E-state index is 0.0824. The molecule has 1 aromatic rings. The number of carbonyl (C=O) groups is 2. The number of ether oxygens (including phenoxy) is 2. The maximum Gasteiger partial charge on any atom is 0.306 e. The number of aryl methyl sites for hydroxylation is 1. The van der Waals surface area contributed by atoms with Gasteiger partial charge in [0.1, 0.15) is 18.2 Å². The van der Waals surface area contributed by atoms with Crippen LogP contribution in [0.4, 0.5) is 5.69 Å². The van der Waals surface area contributed by atoms with E-state index < -0.39 is 43.2 Å². The maximum absolute atomic E-state index is 12.7. The Morgan fingerprint density at radius 3 is 2.33 bits per heavy atom. The third kappa shape index (κ3) is 9.76. The number of nitrogens with zero attached hydrogens (tertiary/aromatic N) is 1. The van der Waals surface area contributed by atoms with Gasteiger partial charge in [-0.1, -0.05) is 31.4 Å². The topological polar surface area (TPSA) is 129 Å². The average molecular weight is 590 g/mol. The van der Waals surface area contributed by atoms with Crippen LogP contribution in [0.3, 0.4) is 0 Å². The standard InChI is InChI=1S/C28H42Cl2N2O7/c29-13-15-32(16-14-30)21-11-9-19(10-12-21)7-4-8-24(35)39-27-25(28(37)38-22(18-33)26(27)36)31-23(34)17-20-5-2-1-3-6-20/h9-12,20,22,25-28,33,36-37H,1-8,13-18H2,(H,31,34)/t22-,25-,26-,27-,28-/m1/s1. The van der Waals surface area contributed by atoms with Gasteiger partial charge >= 0.3 is 5.97 Å². The number of nitrogens with one attached hydrogen (secondary N) is 1. The van der Waals surface area contributed by atoms with Gasteiger partial charge in [0, 0.05) is 43.4 Å². The molecule has 3 rings (SSSR count). The van der Waals surface area contributed by atoms with E-state index in [9.17, 15) is 24.9 Å². The van der Waals surface area contributed by atoms with Gasteiger partial charge in [-0.25, -0.2) is 0 Å². The molecular weight excluding hydrogens is 547 g/mol. The SMILES string of the molecule is O=C(CC1CCCCC1)N[C@@H]1[C@@H](OC(=O)CCCc2ccc(N(CCCl)CCCl)cc2)[C@H](O)[C@@H](CO)O[C@H]1O. The van der Waals surface area contributed by atoms with Gasteiger partial charge in [0.15, 0.2) is 12.4 Å². The van der Waals surface area contributed by atoms with E-state index in [1.54, 1.807) is 0 Å². The second-order valence-electron chi connectivity index (χ2n) is 10.4. The third-order valence-electron chi connectivity index (χ3n) is 7.52. The smallest absolute Gasteiger partial charge is 0.306 e. The first kappa shape index (κ1) is 31.9. The third-order valence-corrected chi connectivity index (χ3v) is 7.86. The molecule has 0 aromatic heterocycles. The van der Waals surface area contributed by atoms with Crippen molar-refractivity contribution in [2.45, 2.75) is 88.4 Å². The van der Waals surface area contributed by atoms with Gasteiger partial charge in [-0.15, -0.1) is 23.2 Å². The predicted molar refractivity (Wildman–Crippen MR) is 150 cm³/mol. The van der Waals surface area contributed by atoms with Crippen LogP contribution < -0.4 is 10.2 Å². The summed E-state index contributed by atoms with van der Waals surface area (Å²) in [5, 5.41) is 33.5. The molecule has 5 atom stereocenters. The number of anilines is 1. The monoisotopic (exact) mass is 588 g/mol. The minimum atomic E-state index is -1.53. The van der Waals surface area contributed by atoms with Crippen molar-refractivity contribution < 1.29 is 34.4 Å². The average Bonchev–Trinajstić information content (AvgIpc) is 2.93. The van der Waals surface area contributed by atoms with Crippen LogP contribution in [0.2, 0.25) is 0 Å². The first-order valence-electron chi connectivity index (χ1n) is 13.9. The molecule has 1 amide bonds. The Kier molecular flexibility index (Phi) is 13.6. The molecule has 220 valence electrons. The van der Waals surface area contributed by atoms with Gasteiger partial charge in [0.25, 0.3) is 0 Å². The minimum Gasteiger partial charge on any atom is -0.457 e. The normalized spacial score (nSPS) is 25.7. The summed E-state index contributed by atoms with van der Waals surface area (Å²) in [6, 6.07) is 6.86. The van der Waals surface area contributed by atoms with Crippen LogP contribution in [0.15, 0.2) is 24.3 Å². The lowest BCUT2D eigenvalue weighted by Gasteiger charge is -2.42. The number of rotatable bonds is 14.